The zero-order valence-electron chi connectivity index (χ0n) is 22.7. The van der Waals surface area contributed by atoms with Crippen molar-refractivity contribution in [2.75, 3.05) is 17.2 Å². The van der Waals surface area contributed by atoms with Gasteiger partial charge in [0.2, 0.25) is 11.8 Å². The van der Waals surface area contributed by atoms with Gasteiger partial charge >= 0.3 is 0 Å². The second-order valence-corrected chi connectivity index (χ2v) is 11.8. The lowest BCUT2D eigenvalue weighted by Gasteiger charge is -2.24. The Balaban J connectivity index is 1.67. The van der Waals surface area contributed by atoms with Crippen LogP contribution >= 0.6 is 11.8 Å². The van der Waals surface area contributed by atoms with Crippen LogP contribution in [-0.4, -0.2) is 38.9 Å². The van der Waals surface area contributed by atoms with Crippen LogP contribution in [0.4, 0.5) is 19.0 Å². The van der Waals surface area contributed by atoms with E-state index in [1.165, 1.54) is 57.7 Å². The van der Waals surface area contributed by atoms with Crippen LogP contribution in [0.2, 0.25) is 0 Å². The van der Waals surface area contributed by atoms with Crippen LogP contribution in [0, 0.1) is 17.5 Å². The van der Waals surface area contributed by atoms with Crippen molar-refractivity contribution in [1.29, 1.82) is 0 Å². The van der Waals surface area contributed by atoms with E-state index in [1.54, 1.807) is 24.4 Å². The summed E-state index contributed by atoms with van der Waals surface area (Å²) in [7, 11) is 0. The number of benzene rings is 2. The van der Waals surface area contributed by atoms with E-state index < -0.39 is 39.9 Å². The van der Waals surface area contributed by atoms with Crippen LogP contribution < -0.4 is 10.2 Å². The molecule has 0 unspecified atom stereocenters. The Kier molecular flexibility index (Phi) is 7.90. The van der Waals surface area contributed by atoms with Crippen LogP contribution in [0.5, 0.6) is 0 Å². The lowest BCUT2D eigenvalue weighted by Crippen LogP contribution is -2.42. The molecule has 0 saturated heterocycles. The molecule has 1 atom stereocenters. The number of thioether (sulfide) groups is 1. The van der Waals surface area contributed by atoms with E-state index in [1.807, 2.05) is 20.8 Å². The van der Waals surface area contributed by atoms with Gasteiger partial charge in [-0.05, 0) is 42.5 Å². The van der Waals surface area contributed by atoms with Gasteiger partial charge in [0.1, 0.15) is 29.8 Å². The molecule has 3 heterocycles. The standard InChI is InChI=1S/C30H28F3N5O2S/c1-30(2,3)28-26-27(22-12-9-19(32)14-23(22)33)41-17-25(40)37(16-24(39)35-15-20-6-4-5-13-34-20)29(26)38(36-28)21-10-7-18(31)8-11-21/h4-14,27H,15-17H2,1-3H3,(H,35,39)/t27-/m1/s1. The summed E-state index contributed by atoms with van der Waals surface area (Å²) in [5.74, 6) is -2.54. The van der Waals surface area contributed by atoms with Gasteiger partial charge in [0, 0.05) is 28.8 Å². The van der Waals surface area contributed by atoms with Crippen molar-refractivity contribution in [1.82, 2.24) is 20.1 Å². The van der Waals surface area contributed by atoms with Gasteiger partial charge in [-0.15, -0.1) is 11.8 Å². The number of nitrogens with zero attached hydrogens (tertiary/aromatic N) is 4. The molecule has 0 radical (unpaired) electrons. The molecular weight excluding hydrogens is 551 g/mol. The highest BCUT2D eigenvalue weighted by Crippen LogP contribution is 2.49. The fraction of sp³-hybridized carbons (Fsp3) is 0.267. The second-order valence-electron chi connectivity index (χ2n) is 10.7. The summed E-state index contributed by atoms with van der Waals surface area (Å²) in [5.41, 5.74) is 1.81. The molecule has 2 aromatic heterocycles. The Labute approximate surface area is 239 Å². The quantitative estimate of drug-likeness (QED) is 0.328. The van der Waals surface area contributed by atoms with Gasteiger partial charge in [0.05, 0.1) is 34.6 Å². The van der Waals surface area contributed by atoms with Crippen LogP contribution in [-0.2, 0) is 21.5 Å². The zero-order chi connectivity index (χ0) is 29.3. The minimum Gasteiger partial charge on any atom is -0.349 e. The van der Waals surface area contributed by atoms with Crippen molar-refractivity contribution in [2.45, 2.75) is 38.0 Å². The number of rotatable bonds is 6. The number of nitrogens with one attached hydrogen (secondary N) is 1. The van der Waals surface area contributed by atoms with Crippen LogP contribution in [0.25, 0.3) is 5.69 Å². The predicted molar refractivity (Wildman–Crippen MR) is 151 cm³/mol. The minimum atomic E-state index is -0.753. The van der Waals surface area contributed by atoms with Gasteiger partial charge in [0.25, 0.3) is 0 Å². The number of hydrogen-bond donors (Lipinski definition) is 1. The molecule has 0 fully saturated rings. The molecule has 1 aliphatic rings. The number of carbonyl (C=O) groups is 2. The number of halogens is 3. The molecule has 0 spiro atoms. The second kappa shape index (κ2) is 11.4. The third-order valence-electron chi connectivity index (χ3n) is 6.61. The molecule has 2 aromatic carbocycles. The smallest absolute Gasteiger partial charge is 0.240 e. The predicted octanol–water partition coefficient (Wildman–Crippen LogP) is 5.47. The van der Waals surface area contributed by atoms with Gasteiger partial charge in [-0.3, -0.25) is 19.5 Å². The molecule has 0 bridgehead atoms. The molecular formula is C30H28F3N5O2S. The summed E-state index contributed by atoms with van der Waals surface area (Å²) in [6.45, 7) is 5.63. The fourth-order valence-electron chi connectivity index (χ4n) is 4.69. The summed E-state index contributed by atoms with van der Waals surface area (Å²) in [6.07, 6.45) is 1.62. The Morgan fingerprint density at radius 3 is 2.44 bits per heavy atom. The van der Waals surface area contributed by atoms with Gasteiger partial charge in [-0.2, -0.15) is 5.10 Å². The van der Waals surface area contributed by atoms with Crippen LogP contribution in [0.1, 0.15) is 48.5 Å². The Bertz CT molecular complexity index is 1590. The number of amides is 2. The molecule has 4 aromatic rings. The summed E-state index contributed by atoms with van der Waals surface area (Å²) >= 11 is 1.18. The molecule has 212 valence electrons. The van der Waals surface area contributed by atoms with E-state index in [0.29, 0.717) is 22.6 Å². The first kappa shape index (κ1) is 28.4. The Morgan fingerprint density at radius 2 is 1.78 bits per heavy atom. The summed E-state index contributed by atoms with van der Waals surface area (Å²) in [4.78, 5) is 32.4. The van der Waals surface area contributed by atoms with Crippen molar-refractivity contribution < 1.29 is 22.8 Å². The molecule has 7 nitrogen and oxygen atoms in total. The third-order valence-corrected chi connectivity index (χ3v) is 7.85. The van der Waals surface area contributed by atoms with Crippen LogP contribution in [0.3, 0.4) is 0 Å². The van der Waals surface area contributed by atoms with E-state index in [2.05, 4.69) is 10.3 Å². The van der Waals surface area contributed by atoms with Crippen molar-refractivity contribution >= 4 is 29.4 Å². The largest absolute Gasteiger partial charge is 0.349 e. The number of fused-ring (bicyclic) bond motifs is 1. The van der Waals surface area contributed by atoms with Gasteiger partial charge < -0.3 is 5.32 Å². The Morgan fingerprint density at radius 1 is 1.05 bits per heavy atom. The highest BCUT2D eigenvalue weighted by atomic mass is 32.2. The maximum absolute atomic E-state index is 15.2. The van der Waals surface area contributed by atoms with E-state index >= 15 is 4.39 Å². The molecule has 11 heteroatoms. The minimum absolute atomic E-state index is 0.0727. The first-order chi connectivity index (χ1) is 19.5. The van der Waals surface area contributed by atoms with Crippen molar-refractivity contribution in [3.05, 3.63) is 107 Å². The SMILES string of the molecule is CC(C)(C)c1nn(-c2ccc(F)cc2)c2c1[C@@H](c1ccc(F)cc1F)SCC(=O)N2CC(=O)NCc1ccccn1. The first-order valence-corrected chi connectivity index (χ1v) is 14.0. The van der Waals surface area contributed by atoms with Crippen molar-refractivity contribution in [3.8, 4) is 5.69 Å². The van der Waals surface area contributed by atoms with E-state index in [-0.39, 0.29) is 30.2 Å². The van der Waals surface area contributed by atoms with E-state index in [9.17, 15) is 18.4 Å². The van der Waals surface area contributed by atoms with Crippen LogP contribution in [0.15, 0.2) is 66.9 Å². The lowest BCUT2D eigenvalue weighted by molar-refractivity contribution is -0.123. The molecule has 1 N–H and O–H groups in total. The third kappa shape index (κ3) is 6.00. The molecule has 0 saturated carbocycles. The summed E-state index contributed by atoms with van der Waals surface area (Å²) < 4.78 is 44.5. The zero-order valence-corrected chi connectivity index (χ0v) is 23.5. The molecule has 2 amide bonds. The number of hydrogen-bond acceptors (Lipinski definition) is 5. The maximum Gasteiger partial charge on any atom is 0.240 e. The topological polar surface area (TPSA) is 80.1 Å². The average Bonchev–Trinajstić information content (AvgIpc) is 3.27. The summed E-state index contributed by atoms with van der Waals surface area (Å²) in [5, 5.41) is 6.92. The van der Waals surface area contributed by atoms with Crippen molar-refractivity contribution in [2.24, 2.45) is 0 Å². The average molecular weight is 580 g/mol. The monoisotopic (exact) mass is 579 g/mol. The first-order valence-electron chi connectivity index (χ1n) is 13.0. The van der Waals surface area contributed by atoms with E-state index in [0.717, 1.165) is 6.07 Å². The fourth-order valence-corrected chi connectivity index (χ4v) is 5.91. The lowest BCUT2D eigenvalue weighted by atomic mass is 9.87. The summed E-state index contributed by atoms with van der Waals surface area (Å²) in [6, 6.07) is 14.3. The maximum atomic E-state index is 15.2. The van der Waals surface area contributed by atoms with Gasteiger partial charge in [-0.25, -0.2) is 17.9 Å². The Hall–Kier alpha value is -4.12. The van der Waals surface area contributed by atoms with E-state index in [4.69, 9.17) is 5.10 Å². The number of pyridine rings is 1. The molecule has 1 aliphatic heterocycles. The van der Waals surface area contributed by atoms with Gasteiger partial charge in [-0.1, -0.05) is 32.9 Å². The highest BCUT2D eigenvalue weighted by Gasteiger charge is 2.40. The molecule has 5 rings (SSSR count). The van der Waals surface area contributed by atoms with Gasteiger partial charge in [0.15, 0.2) is 0 Å². The van der Waals surface area contributed by atoms with Crippen molar-refractivity contribution in [3.63, 3.8) is 0 Å². The number of carbonyl (C=O) groups excluding carboxylic acids is 2. The highest BCUT2D eigenvalue weighted by molar-refractivity contribution is 8.00. The molecule has 0 aliphatic carbocycles. The number of aromatic nitrogens is 3. The molecule has 41 heavy (non-hydrogen) atoms. The normalized spacial score (nSPS) is 15.4. The number of anilines is 1.